The van der Waals surface area contributed by atoms with Gasteiger partial charge in [-0.2, -0.15) is 0 Å². The van der Waals surface area contributed by atoms with Crippen LogP contribution < -0.4 is 35.3 Å². The fraction of sp³-hybridized carbons (Fsp3) is 0.316. The van der Waals surface area contributed by atoms with E-state index in [1.165, 1.54) is 35.7 Å². The molecule has 0 saturated carbocycles. The number of Topliss-reactive ketones (excluding diaryl/α,β-unsaturated/α-hetero) is 1. The second-order valence-corrected chi connectivity index (χ2v) is 19.4. The van der Waals surface area contributed by atoms with Gasteiger partial charge in [0.2, 0.25) is 0 Å². The number of benzene rings is 1. The van der Waals surface area contributed by atoms with E-state index in [-0.39, 0.29) is 34.3 Å². The molecule has 7 heteroatoms. The van der Waals surface area contributed by atoms with E-state index in [2.05, 4.69) is 44.3 Å². The molecule has 2 aliphatic carbocycles. The van der Waals surface area contributed by atoms with Gasteiger partial charge in [0, 0.05) is 0 Å². The van der Waals surface area contributed by atoms with Crippen molar-refractivity contribution in [2.75, 3.05) is 6.61 Å². The molecule has 4 rings (SSSR count). The van der Waals surface area contributed by atoms with Crippen LogP contribution in [0.5, 0.6) is 0 Å². The fourth-order valence-corrected chi connectivity index (χ4v) is 16.6. The number of allylic oxidation sites excluding steroid dienone is 4. The number of aliphatic hydroxyl groups excluding tert-OH is 1. The average Bonchev–Trinajstić information content (AvgIpc) is 3.28. The minimum atomic E-state index is -1.28. The summed E-state index contributed by atoms with van der Waals surface area (Å²) in [4.78, 5) is 12.9. The summed E-state index contributed by atoms with van der Waals surface area (Å²) in [6.45, 7) is 7.36. The second-order valence-electron chi connectivity index (χ2n) is 7.75. The maximum atomic E-state index is 12.9. The van der Waals surface area contributed by atoms with E-state index in [1.807, 2.05) is 0 Å². The zero-order valence-electron chi connectivity index (χ0n) is 15.2. The molecule has 26 heavy (non-hydrogen) atoms. The molecule has 2 nitrogen and oxygen atoms in total. The number of carbonyl (C=O) groups is 1. The van der Waals surface area contributed by atoms with Crippen LogP contribution in [-0.2, 0) is 28.0 Å². The van der Waals surface area contributed by atoms with Crippen molar-refractivity contribution >= 4 is 34.5 Å². The van der Waals surface area contributed by atoms with E-state index >= 15 is 0 Å². The summed E-state index contributed by atoms with van der Waals surface area (Å²) in [5.74, 6) is 0.353. The molecule has 0 spiro atoms. The van der Waals surface area contributed by atoms with Gasteiger partial charge in [-0.15, -0.1) is 0 Å². The Labute approximate surface area is 181 Å². The van der Waals surface area contributed by atoms with Crippen molar-refractivity contribution in [2.24, 2.45) is 0 Å². The SMILES string of the molecule is CC1=c2ccccc2=C2C(=O)C3=C([SiH2]3)[C]([Zr+2][CH2][Si](C)(C)CCO)=C12.[Cl-].[Cl-]. The van der Waals surface area contributed by atoms with Crippen LogP contribution in [0.25, 0.3) is 11.1 Å². The predicted molar refractivity (Wildman–Crippen MR) is 100.0 cm³/mol. The molecule has 0 atom stereocenters. The number of ketones is 1. The molecule has 0 amide bonds. The Morgan fingerprint density at radius 2 is 1.73 bits per heavy atom. The number of fused-ring (bicyclic) bond motifs is 2. The number of aliphatic hydroxyl groups is 1. The van der Waals surface area contributed by atoms with Crippen LogP contribution in [0, 0.1) is 0 Å². The first-order chi connectivity index (χ1) is 11.4. The zero-order chi connectivity index (χ0) is 17.1. The molecule has 1 N–H and O–H groups in total. The number of hydrogen-bond donors (Lipinski definition) is 1. The normalized spacial score (nSPS) is 18.1. The van der Waals surface area contributed by atoms with Crippen molar-refractivity contribution in [1.82, 2.24) is 0 Å². The summed E-state index contributed by atoms with van der Waals surface area (Å²) in [6, 6.07) is 9.44. The molecule has 0 radical (unpaired) electrons. The Morgan fingerprint density at radius 1 is 1.08 bits per heavy atom. The quantitative estimate of drug-likeness (QED) is 0.412. The number of hydrogen-bond acceptors (Lipinski definition) is 2. The number of rotatable bonds is 5. The maximum absolute atomic E-state index is 12.9. The summed E-state index contributed by atoms with van der Waals surface area (Å²) in [5, 5.41) is 14.5. The van der Waals surface area contributed by atoms with Gasteiger partial charge in [0.05, 0.1) is 0 Å². The van der Waals surface area contributed by atoms with Crippen molar-refractivity contribution in [3.05, 3.63) is 53.9 Å². The van der Waals surface area contributed by atoms with Gasteiger partial charge in [0.25, 0.3) is 0 Å². The molecule has 3 aliphatic rings. The molecular formula is C19H22Cl2O2Si2Zr. The van der Waals surface area contributed by atoms with E-state index in [1.54, 1.807) is 3.28 Å². The van der Waals surface area contributed by atoms with Crippen molar-refractivity contribution in [3.63, 3.8) is 0 Å². The van der Waals surface area contributed by atoms with Crippen LogP contribution >= 0.6 is 0 Å². The monoisotopic (exact) mass is 498 g/mol. The van der Waals surface area contributed by atoms with Gasteiger partial charge in [-0.1, -0.05) is 0 Å². The molecule has 1 aliphatic heterocycles. The molecule has 0 fully saturated rings. The predicted octanol–water partition coefficient (Wildman–Crippen LogP) is -5.00. The zero-order valence-corrected chi connectivity index (χ0v) is 21.6. The Balaban J connectivity index is 0.00000121. The molecule has 136 valence electrons. The summed E-state index contributed by atoms with van der Waals surface area (Å²) in [6.07, 6.45) is 0. The molecule has 0 aromatic heterocycles. The number of carbonyl (C=O) groups excluding carboxylic acids is 1. The van der Waals surface area contributed by atoms with E-state index in [0.29, 0.717) is 12.4 Å². The summed E-state index contributed by atoms with van der Waals surface area (Å²) in [7, 11) is -1.66. The van der Waals surface area contributed by atoms with Crippen molar-refractivity contribution < 1.29 is 58.0 Å². The van der Waals surface area contributed by atoms with Gasteiger partial charge in [-0.25, -0.2) is 0 Å². The second kappa shape index (κ2) is 8.14. The Morgan fingerprint density at radius 3 is 2.38 bits per heavy atom. The average molecular weight is 501 g/mol. The van der Waals surface area contributed by atoms with E-state index in [9.17, 15) is 9.90 Å². The van der Waals surface area contributed by atoms with Crippen LogP contribution in [0.15, 0.2) is 43.5 Å². The van der Waals surface area contributed by atoms with Crippen molar-refractivity contribution in [3.8, 4) is 0 Å². The third-order valence-electron chi connectivity index (χ3n) is 5.40. The smallest absolute Gasteiger partial charge is 1.00 e. The van der Waals surface area contributed by atoms with Gasteiger partial charge >= 0.3 is 158 Å². The van der Waals surface area contributed by atoms with Crippen LogP contribution in [0.2, 0.25) is 22.9 Å². The Hall–Kier alpha value is -0.0331. The third-order valence-corrected chi connectivity index (χ3v) is 21.3. The topological polar surface area (TPSA) is 37.3 Å². The van der Waals surface area contributed by atoms with Crippen molar-refractivity contribution in [1.29, 1.82) is 0 Å². The number of halogens is 2. The van der Waals surface area contributed by atoms with Gasteiger partial charge in [-0.3, -0.25) is 0 Å². The maximum Gasteiger partial charge on any atom is -1.00 e. The third kappa shape index (κ3) is 3.64. The van der Waals surface area contributed by atoms with Crippen LogP contribution in [0.3, 0.4) is 0 Å². The first-order valence-corrected chi connectivity index (χ1v) is 16.4. The molecule has 0 saturated heterocycles. The summed E-state index contributed by atoms with van der Waals surface area (Å²) >= 11 is -0.698. The Bertz CT molecular complexity index is 964. The summed E-state index contributed by atoms with van der Waals surface area (Å²) in [5.41, 5.74) is 3.70. The Kier molecular flexibility index (Phi) is 6.97. The minimum Gasteiger partial charge on any atom is -1.00 e. The molecule has 1 aromatic rings. The van der Waals surface area contributed by atoms with E-state index < -0.39 is 31.3 Å². The van der Waals surface area contributed by atoms with Crippen LogP contribution in [0.4, 0.5) is 0 Å². The fourth-order valence-electron chi connectivity index (χ4n) is 3.84. The van der Waals surface area contributed by atoms with Gasteiger partial charge in [0.1, 0.15) is 0 Å². The van der Waals surface area contributed by atoms with Gasteiger partial charge in [0.15, 0.2) is 0 Å². The molecule has 0 bridgehead atoms. The first kappa shape index (κ1) is 22.3. The first-order valence-electron chi connectivity index (χ1n) is 8.62. The molecule has 0 unspecified atom stereocenters. The largest absolute Gasteiger partial charge is 1.00 e. The van der Waals surface area contributed by atoms with Crippen LogP contribution in [0.1, 0.15) is 6.92 Å². The van der Waals surface area contributed by atoms with Crippen LogP contribution in [-0.4, -0.2) is 35.1 Å². The molecular weight excluding hydrogens is 479 g/mol. The van der Waals surface area contributed by atoms with E-state index in [4.69, 9.17) is 0 Å². The standard InChI is InChI=1S/C14H9OSi.C5H13OSi.2ClH.Zr/c1-7-8-4-2-3-5-9(8)12-10(7)6-11-14(16-11)13(12)15;1-7(2,3)5-4-6;;;/h2-5H,16H2,1H3;6H,1,4-5H2,2-3H3;2*1H;/q;;;;+2/p-2. The van der Waals surface area contributed by atoms with Gasteiger partial charge in [-0.05, 0) is 0 Å². The molecule has 1 heterocycles. The summed E-state index contributed by atoms with van der Waals surface area (Å²) < 4.78 is 3.02. The van der Waals surface area contributed by atoms with Crippen molar-refractivity contribution in [2.45, 2.75) is 29.8 Å². The van der Waals surface area contributed by atoms with Gasteiger partial charge < -0.3 is 24.8 Å². The minimum absolute atomic E-state index is 0. The molecule has 1 aromatic carbocycles. The van der Waals surface area contributed by atoms with E-state index in [0.717, 1.165) is 11.6 Å².